The van der Waals surface area contributed by atoms with Gasteiger partial charge in [0.2, 0.25) is 0 Å². The van der Waals surface area contributed by atoms with E-state index < -0.39 is 29.0 Å². The SMILES string of the molecule is CN(C(=O)Nc1cc(C(F)(F)F)cn(C)c1=O)C1CCN(c2cnc3[nH]ccc3c2)CC1. The fourth-order valence-corrected chi connectivity index (χ4v) is 3.94. The molecule has 0 saturated carbocycles. The van der Waals surface area contributed by atoms with Crippen LogP contribution in [0, 0.1) is 0 Å². The molecule has 0 bridgehead atoms. The molecule has 4 rings (SSSR count). The van der Waals surface area contributed by atoms with Gasteiger partial charge in [-0.3, -0.25) is 4.79 Å². The van der Waals surface area contributed by atoms with Gasteiger partial charge in [0, 0.05) is 51.0 Å². The van der Waals surface area contributed by atoms with Crippen LogP contribution in [-0.4, -0.2) is 51.6 Å². The summed E-state index contributed by atoms with van der Waals surface area (Å²) >= 11 is 0. The molecule has 170 valence electrons. The summed E-state index contributed by atoms with van der Waals surface area (Å²) in [5.41, 5.74) is -0.292. The molecule has 1 aliphatic heterocycles. The Balaban J connectivity index is 1.41. The van der Waals surface area contributed by atoms with Crippen LogP contribution in [0.5, 0.6) is 0 Å². The van der Waals surface area contributed by atoms with Crippen molar-refractivity contribution in [2.75, 3.05) is 30.4 Å². The van der Waals surface area contributed by atoms with Gasteiger partial charge in [-0.05, 0) is 31.0 Å². The standard InChI is InChI=1S/C21H23F3N6O2/c1-28-12-14(21(22,23)24)10-17(19(28)31)27-20(32)29(2)15-4-7-30(8-5-15)16-9-13-3-6-25-18(13)26-11-16/h3,6,9-12,15H,4-5,7-8H2,1-2H3,(H,25,26)(H,27,32). The number of halogens is 3. The summed E-state index contributed by atoms with van der Waals surface area (Å²) in [5, 5.41) is 3.36. The molecule has 0 radical (unpaired) electrons. The van der Waals surface area contributed by atoms with Gasteiger partial charge in [-0.2, -0.15) is 13.2 Å². The fraction of sp³-hybridized carbons (Fsp3) is 0.381. The Bertz CT molecular complexity index is 1190. The molecule has 8 nitrogen and oxygen atoms in total. The summed E-state index contributed by atoms with van der Waals surface area (Å²) < 4.78 is 40.0. The largest absolute Gasteiger partial charge is 0.417 e. The first-order valence-corrected chi connectivity index (χ1v) is 10.1. The summed E-state index contributed by atoms with van der Waals surface area (Å²) in [6.07, 6.45) is 1.07. The summed E-state index contributed by atoms with van der Waals surface area (Å²) in [6, 6.07) is 3.95. The summed E-state index contributed by atoms with van der Waals surface area (Å²) in [4.78, 5) is 36.0. The number of carbonyl (C=O) groups is 1. The van der Waals surface area contributed by atoms with Gasteiger partial charge < -0.3 is 24.7 Å². The smallest absolute Gasteiger partial charge is 0.370 e. The number of piperidine rings is 1. The second-order valence-corrected chi connectivity index (χ2v) is 7.92. The van der Waals surface area contributed by atoms with Crippen molar-refractivity contribution in [1.29, 1.82) is 0 Å². The van der Waals surface area contributed by atoms with E-state index in [-0.39, 0.29) is 6.04 Å². The van der Waals surface area contributed by atoms with Crippen molar-refractivity contribution in [3.63, 3.8) is 0 Å². The van der Waals surface area contributed by atoms with Crippen LogP contribution < -0.4 is 15.8 Å². The highest BCUT2D eigenvalue weighted by atomic mass is 19.4. The number of nitrogens with one attached hydrogen (secondary N) is 2. The van der Waals surface area contributed by atoms with Crippen molar-refractivity contribution in [3.05, 3.63) is 52.7 Å². The van der Waals surface area contributed by atoms with Gasteiger partial charge in [0.05, 0.1) is 17.4 Å². The number of aryl methyl sites for hydroxylation is 1. The lowest BCUT2D eigenvalue weighted by molar-refractivity contribution is -0.138. The predicted molar refractivity (Wildman–Crippen MR) is 115 cm³/mol. The normalized spacial score (nSPS) is 15.2. The molecule has 0 aliphatic carbocycles. The summed E-state index contributed by atoms with van der Waals surface area (Å²) in [7, 11) is 2.80. The third-order valence-corrected chi connectivity index (χ3v) is 5.84. The molecule has 3 aromatic rings. The van der Waals surface area contributed by atoms with Gasteiger partial charge >= 0.3 is 12.2 Å². The number of carbonyl (C=O) groups excluding carboxylic acids is 1. The van der Waals surface area contributed by atoms with E-state index in [0.29, 0.717) is 38.2 Å². The van der Waals surface area contributed by atoms with Crippen LogP contribution in [0.4, 0.5) is 29.3 Å². The maximum absolute atomic E-state index is 13.1. The van der Waals surface area contributed by atoms with Gasteiger partial charge in [-0.15, -0.1) is 0 Å². The van der Waals surface area contributed by atoms with Gasteiger partial charge in [0.15, 0.2) is 0 Å². The lowest BCUT2D eigenvalue weighted by Crippen LogP contribution is -2.47. The van der Waals surface area contributed by atoms with Crippen LogP contribution in [0.25, 0.3) is 11.0 Å². The number of pyridine rings is 2. The molecule has 2 N–H and O–H groups in total. The number of nitrogens with zero attached hydrogens (tertiary/aromatic N) is 4. The average Bonchev–Trinajstić information content (AvgIpc) is 3.23. The van der Waals surface area contributed by atoms with Gasteiger partial charge in [-0.25, -0.2) is 9.78 Å². The van der Waals surface area contributed by atoms with Crippen molar-refractivity contribution in [2.24, 2.45) is 7.05 Å². The molecular weight excluding hydrogens is 425 g/mol. The minimum Gasteiger partial charge on any atom is -0.370 e. The summed E-state index contributed by atoms with van der Waals surface area (Å²) in [5.74, 6) is 0. The lowest BCUT2D eigenvalue weighted by atomic mass is 10.0. The second-order valence-electron chi connectivity index (χ2n) is 7.92. The number of H-pyrrole nitrogens is 1. The Morgan fingerprint density at radius 2 is 2.00 bits per heavy atom. The molecule has 0 unspecified atom stereocenters. The number of alkyl halides is 3. The van der Waals surface area contributed by atoms with Gasteiger partial charge in [0.1, 0.15) is 11.3 Å². The number of rotatable bonds is 3. The average molecular weight is 448 g/mol. The predicted octanol–water partition coefficient (Wildman–Crippen LogP) is 3.41. The third-order valence-electron chi connectivity index (χ3n) is 5.84. The minimum atomic E-state index is -4.62. The molecule has 2 amide bonds. The molecular formula is C21H23F3N6O2. The molecule has 3 aromatic heterocycles. The fourth-order valence-electron chi connectivity index (χ4n) is 3.94. The Kier molecular flexibility index (Phi) is 5.57. The first-order valence-electron chi connectivity index (χ1n) is 10.1. The highest BCUT2D eigenvalue weighted by Crippen LogP contribution is 2.30. The molecule has 1 fully saturated rings. The second kappa shape index (κ2) is 8.21. The van der Waals surface area contributed by atoms with E-state index in [4.69, 9.17) is 0 Å². The lowest BCUT2D eigenvalue weighted by Gasteiger charge is -2.37. The Hall–Kier alpha value is -3.50. The van der Waals surface area contributed by atoms with Crippen molar-refractivity contribution < 1.29 is 18.0 Å². The van der Waals surface area contributed by atoms with Crippen molar-refractivity contribution in [3.8, 4) is 0 Å². The molecule has 1 aliphatic rings. The number of aromatic nitrogens is 3. The van der Waals surface area contributed by atoms with Crippen molar-refractivity contribution in [2.45, 2.75) is 25.1 Å². The van der Waals surface area contributed by atoms with E-state index in [1.54, 1.807) is 13.2 Å². The third kappa shape index (κ3) is 4.27. The molecule has 4 heterocycles. The molecule has 0 atom stereocenters. The van der Waals surface area contributed by atoms with Crippen LogP contribution >= 0.6 is 0 Å². The molecule has 0 aromatic carbocycles. The van der Waals surface area contributed by atoms with E-state index in [1.165, 1.54) is 11.9 Å². The topological polar surface area (TPSA) is 86.3 Å². The number of hydrogen-bond donors (Lipinski definition) is 2. The molecule has 0 spiro atoms. The number of urea groups is 1. The van der Waals surface area contributed by atoms with Gasteiger partial charge in [-0.1, -0.05) is 0 Å². The van der Waals surface area contributed by atoms with Crippen LogP contribution in [0.2, 0.25) is 0 Å². The number of anilines is 2. The molecule has 11 heteroatoms. The van der Waals surface area contributed by atoms with Gasteiger partial charge in [0.25, 0.3) is 5.56 Å². The van der Waals surface area contributed by atoms with E-state index in [9.17, 15) is 22.8 Å². The number of amides is 2. The van der Waals surface area contributed by atoms with Crippen LogP contribution in [0.3, 0.4) is 0 Å². The van der Waals surface area contributed by atoms with E-state index in [0.717, 1.165) is 21.3 Å². The quantitative estimate of drug-likeness (QED) is 0.643. The van der Waals surface area contributed by atoms with E-state index >= 15 is 0 Å². The Labute approximate surface area is 181 Å². The Morgan fingerprint density at radius 1 is 1.28 bits per heavy atom. The van der Waals surface area contributed by atoms with Crippen molar-refractivity contribution >= 4 is 28.4 Å². The van der Waals surface area contributed by atoms with Crippen molar-refractivity contribution in [1.82, 2.24) is 19.4 Å². The monoisotopic (exact) mass is 448 g/mol. The number of hydrogen-bond acceptors (Lipinski definition) is 4. The van der Waals surface area contributed by atoms with Crippen LogP contribution in [-0.2, 0) is 13.2 Å². The van der Waals surface area contributed by atoms with E-state index in [2.05, 4.69) is 26.3 Å². The van der Waals surface area contributed by atoms with E-state index in [1.807, 2.05) is 12.3 Å². The summed E-state index contributed by atoms with van der Waals surface area (Å²) in [6.45, 7) is 1.40. The maximum Gasteiger partial charge on any atom is 0.417 e. The maximum atomic E-state index is 13.1. The minimum absolute atomic E-state index is 0.107. The first-order chi connectivity index (χ1) is 15.1. The first kappa shape index (κ1) is 21.7. The number of aromatic amines is 1. The zero-order valence-corrected chi connectivity index (χ0v) is 17.6. The van der Waals surface area contributed by atoms with Crippen LogP contribution in [0.1, 0.15) is 18.4 Å². The zero-order valence-electron chi connectivity index (χ0n) is 17.6. The molecule has 32 heavy (non-hydrogen) atoms. The zero-order chi connectivity index (χ0) is 23.0. The number of fused-ring (bicyclic) bond motifs is 1. The highest BCUT2D eigenvalue weighted by Gasteiger charge is 2.32. The molecule has 1 saturated heterocycles. The highest BCUT2D eigenvalue weighted by molar-refractivity contribution is 5.89. The van der Waals surface area contributed by atoms with Crippen LogP contribution in [0.15, 0.2) is 41.6 Å². The Morgan fingerprint density at radius 3 is 2.69 bits per heavy atom.